The molecule has 0 aromatic heterocycles. The molecule has 0 bridgehead atoms. The Morgan fingerprint density at radius 2 is 2.36 bits per heavy atom. The number of aryl methyl sites for hydroxylation is 1. The summed E-state index contributed by atoms with van der Waals surface area (Å²) in [5.41, 5.74) is 4.66. The molecule has 0 aliphatic heterocycles. The van der Waals surface area contributed by atoms with Gasteiger partial charge < -0.3 is 5.41 Å². The Kier molecular flexibility index (Phi) is 3.55. The lowest BCUT2D eigenvalue weighted by Gasteiger charge is -2.00. The van der Waals surface area contributed by atoms with E-state index in [9.17, 15) is 4.79 Å². The standard InChI is InChI=1S/C10H11N3O/c1-8-3-2-4-9(5-8)12-13-10(6-11)7-14/h2-7,11-12H,1H3/b11-6?,13-10+. The quantitative estimate of drug-likeness (QED) is 0.429. The SMILES string of the molecule is Cc1cccc(N/N=C(\C=N)C=O)c1. The van der Waals surface area contributed by atoms with Crippen LogP contribution in [-0.4, -0.2) is 18.2 Å². The molecule has 1 rings (SSSR count). The Bertz CT molecular complexity index is 361. The molecule has 1 aromatic carbocycles. The monoisotopic (exact) mass is 189 g/mol. The lowest BCUT2D eigenvalue weighted by molar-refractivity contribution is -0.102. The van der Waals surface area contributed by atoms with Gasteiger partial charge in [0.15, 0.2) is 6.29 Å². The predicted octanol–water partition coefficient (Wildman–Crippen LogP) is 1.61. The molecule has 0 unspecified atom stereocenters. The van der Waals surface area contributed by atoms with E-state index in [4.69, 9.17) is 5.41 Å². The Balaban J connectivity index is 2.74. The number of hydrogen-bond donors (Lipinski definition) is 2. The summed E-state index contributed by atoms with van der Waals surface area (Å²) in [6.07, 6.45) is 1.42. The number of rotatable bonds is 4. The molecule has 14 heavy (non-hydrogen) atoms. The molecule has 0 atom stereocenters. The fraction of sp³-hybridized carbons (Fsp3) is 0.100. The van der Waals surface area contributed by atoms with Gasteiger partial charge in [-0.3, -0.25) is 10.2 Å². The van der Waals surface area contributed by atoms with Crippen LogP contribution in [0.5, 0.6) is 0 Å². The average Bonchev–Trinajstić information content (AvgIpc) is 2.19. The van der Waals surface area contributed by atoms with Gasteiger partial charge in [0, 0.05) is 6.21 Å². The van der Waals surface area contributed by atoms with Gasteiger partial charge in [-0.2, -0.15) is 5.10 Å². The van der Waals surface area contributed by atoms with Crippen LogP contribution >= 0.6 is 0 Å². The van der Waals surface area contributed by atoms with Crippen LogP contribution in [0.25, 0.3) is 0 Å². The highest BCUT2D eigenvalue weighted by atomic mass is 16.1. The molecule has 4 heteroatoms. The van der Waals surface area contributed by atoms with Gasteiger partial charge in [-0.1, -0.05) is 12.1 Å². The van der Waals surface area contributed by atoms with Crippen molar-refractivity contribution >= 4 is 23.9 Å². The van der Waals surface area contributed by atoms with Crippen molar-refractivity contribution in [3.63, 3.8) is 0 Å². The van der Waals surface area contributed by atoms with Crippen LogP contribution in [-0.2, 0) is 4.79 Å². The van der Waals surface area contributed by atoms with Crippen molar-refractivity contribution in [1.29, 1.82) is 5.41 Å². The van der Waals surface area contributed by atoms with Crippen molar-refractivity contribution in [2.75, 3.05) is 5.43 Å². The molecule has 0 amide bonds. The lowest BCUT2D eigenvalue weighted by atomic mass is 10.2. The highest BCUT2D eigenvalue weighted by Gasteiger charge is 1.92. The molecule has 0 heterocycles. The number of carbonyl (C=O) groups is 1. The van der Waals surface area contributed by atoms with Gasteiger partial charge in [-0.05, 0) is 24.6 Å². The molecule has 4 nitrogen and oxygen atoms in total. The van der Waals surface area contributed by atoms with Crippen molar-refractivity contribution in [2.24, 2.45) is 5.10 Å². The van der Waals surface area contributed by atoms with E-state index in [1.165, 1.54) is 0 Å². The van der Waals surface area contributed by atoms with Crippen LogP contribution in [0.15, 0.2) is 29.4 Å². The summed E-state index contributed by atoms with van der Waals surface area (Å²) in [5, 5.41) is 10.6. The number of benzene rings is 1. The number of nitrogens with one attached hydrogen (secondary N) is 2. The molecule has 0 fully saturated rings. The Labute approximate surface area is 82.2 Å². The van der Waals surface area contributed by atoms with Gasteiger partial charge in [-0.25, -0.2) is 0 Å². The average molecular weight is 189 g/mol. The fourth-order valence-corrected chi connectivity index (χ4v) is 0.936. The van der Waals surface area contributed by atoms with E-state index in [0.717, 1.165) is 17.5 Å². The third kappa shape index (κ3) is 2.82. The first-order valence-corrected chi connectivity index (χ1v) is 4.12. The summed E-state index contributed by atoms with van der Waals surface area (Å²) < 4.78 is 0. The fourth-order valence-electron chi connectivity index (χ4n) is 0.936. The van der Waals surface area contributed by atoms with E-state index in [1.54, 1.807) is 0 Å². The smallest absolute Gasteiger partial charge is 0.171 e. The Morgan fingerprint density at radius 3 is 2.93 bits per heavy atom. The van der Waals surface area contributed by atoms with Crippen molar-refractivity contribution in [1.82, 2.24) is 0 Å². The normalized spacial score (nSPS) is 10.8. The number of anilines is 1. The molecular formula is C10H11N3O. The van der Waals surface area contributed by atoms with Gasteiger partial charge in [-0.15, -0.1) is 0 Å². The second-order valence-electron chi connectivity index (χ2n) is 2.78. The minimum absolute atomic E-state index is 0.0616. The molecule has 0 radical (unpaired) electrons. The first-order valence-electron chi connectivity index (χ1n) is 4.12. The van der Waals surface area contributed by atoms with Gasteiger partial charge in [0.25, 0.3) is 0 Å². The highest BCUT2D eigenvalue weighted by molar-refractivity contribution is 6.53. The third-order valence-corrected chi connectivity index (χ3v) is 1.60. The molecule has 72 valence electrons. The van der Waals surface area contributed by atoms with E-state index in [0.29, 0.717) is 6.29 Å². The lowest BCUT2D eigenvalue weighted by Crippen LogP contribution is -2.04. The van der Waals surface area contributed by atoms with Crippen LogP contribution in [0.2, 0.25) is 0 Å². The third-order valence-electron chi connectivity index (χ3n) is 1.60. The molecule has 0 aliphatic carbocycles. The zero-order chi connectivity index (χ0) is 10.4. The van der Waals surface area contributed by atoms with Crippen LogP contribution in [0.3, 0.4) is 0 Å². The summed E-state index contributed by atoms with van der Waals surface area (Å²) in [6.45, 7) is 1.96. The predicted molar refractivity (Wildman–Crippen MR) is 57.1 cm³/mol. The number of hydrazone groups is 1. The van der Waals surface area contributed by atoms with Crippen molar-refractivity contribution in [2.45, 2.75) is 6.92 Å². The van der Waals surface area contributed by atoms with Crippen molar-refractivity contribution in [3.05, 3.63) is 29.8 Å². The summed E-state index contributed by atoms with van der Waals surface area (Å²) in [6, 6.07) is 7.59. The second-order valence-corrected chi connectivity index (χ2v) is 2.78. The molecule has 1 aromatic rings. The summed E-state index contributed by atoms with van der Waals surface area (Å²) in [7, 11) is 0. The van der Waals surface area contributed by atoms with Crippen molar-refractivity contribution < 1.29 is 4.79 Å². The van der Waals surface area contributed by atoms with Crippen molar-refractivity contribution in [3.8, 4) is 0 Å². The van der Waals surface area contributed by atoms with E-state index in [-0.39, 0.29) is 5.71 Å². The van der Waals surface area contributed by atoms with Gasteiger partial charge in [0.1, 0.15) is 5.71 Å². The largest absolute Gasteiger partial charge is 0.306 e. The number of nitrogens with zero attached hydrogens (tertiary/aromatic N) is 1. The molecule has 2 N–H and O–H groups in total. The maximum absolute atomic E-state index is 10.3. The summed E-state index contributed by atoms with van der Waals surface area (Å²) in [5.74, 6) is 0. The van der Waals surface area contributed by atoms with Crippen LogP contribution < -0.4 is 5.43 Å². The summed E-state index contributed by atoms with van der Waals surface area (Å²) >= 11 is 0. The first kappa shape index (κ1) is 10.1. The van der Waals surface area contributed by atoms with Gasteiger partial charge in [0.05, 0.1) is 5.69 Å². The molecule has 0 saturated carbocycles. The second kappa shape index (κ2) is 4.91. The number of aldehydes is 1. The number of hydrogen-bond acceptors (Lipinski definition) is 4. The van der Waals surface area contributed by atoms with Crippen LogP contribution in [0, 0.1) is 12.3 Å². The zero-order valence-corrected chi connectivity index (χ0v) is 7.82. The molecular weight excluding hydrogens is 178 g/mol. The first-order chi connectivity index (χ1) is 6.76. The summed E-state index contributed by atoms with van der Waals surface area (Å²) in [4.78, 5) is 10.3. The molecule has 0 saturated heterocycles. The Morgan fingerprint density at radius 1 is 1.57 bits per heavy atom. The zero-order valence-electron chi connectivity index (χ0n) is 7.82. The molecule has 0 spiro atoms. The van der Waals surface area contributed by atoms with E-state index >= 15 is 0 Å². The maximum atomic E-state index is 10.3. The highest BCUT2D eigenvalue weighted by Crippen LogP contribution is 2.08. The van der Waals surface area contributed by atoms with Gasteiger partial charge >= 0.3 is 0 Å². The van der Waals surface area contributed by atoms with Crippen LogP contribution in [0.4, 0.5) is 5.69 Å². The minimum atomic E-state index is 0.0616. The van der Waals surface area contributed by atoms with Gasteiger partial charge in [0.2, 0.25) is 0 Å². The minimum Gasteiger partial charge on any atom is -0.306 e. The Hall–Kier alpha value is -1.97. The number of carbonyl (C=O) groups excluding carboxylic acids is 1. The topological polar surface area (TPSA) is 65.3 Å². The van der Waals surface area contributed by atoms with Crippen LogP contribution in [0.1, 0.15) is 5.56 Å². The van der Waals surface area contributed by atoms with E-state index in [2.05, 4.69) is 10.5 Å². The van der Waals surface area contributed by atoms with E-state index < -0.39 is 0 Å². The van der Waals surface area contributed by atoms with E-state index in [1.807, 2.05) is 31.2 Å². The maximum Gasteiger partial charge on any atom is 0.171 e. The molecule has 0 aliphatic rings.